The van der Waals surface area contributed by atoms with Crippen LogP contribution in [-0.2, 0) is 38.6 Å². The van der Waals surface area contributed by atoms with E-state index < -0.39 is 35.5 Å². The number of hydrogen-bond acceptors (Lipinski definition) is 7. The van der Waals surface area contributed by atoms with Crippen LogP contribution in [0.1, 0.15) is 29.7 Å². The highest BCUT2D eigenvalue weighted by Crippen LogP contribution is 2.23. The molecule has 2 aromatic heterocycles. The smallest absolute Gasteiger partial charge is 0.419 e. The number of fused-ring (bicyclic) bond motifs is 1. The molecule has 12 heteroatoms. The normalized spacial score (nSPS) is 11.8. The summed E-state index contributed by atoms with van der Waals surface area (Å²) in [4.78, 5) is 67.0. The maximum atomic E-state index is 14.1. The molecule has 0 saturated carbocycles. The van der Waals surface area contributed by atoms with Crippen molar-refractivity contribution in [2.45, 2.75) is 38.5 Å². The number of pyridine rings is 1. The first kappa shape index (κ1) is 34.4. The fourth-order valence-electron chi connectivity index (χ4n) is 4.77. The van der Waals surface area contributed by atoms with Gasteiger partial charge in [-0.25, -0.2) is 18.5 Å². The average molecular weight is 645 g/mol. The SMILES string of the molecule is CN(C)C(=O)/C=C/CC[C@H](OC(=O)N(C)C)C(=O)Cc1cccn(Cc2cc3cc(F)ccc3n2C(=O)OCc2ccccc2)c1=O. The van der Waals surface area contributed by atoms with Crippen molar-refractivity contribution in [1.82, 2.24) is 18.9 Å². The lowest BCUT2D eigenvalue weighted by Gasteiger charge is -2.19. The fourth-order valence-corrected chi connectivity index (χ4v) is 4.77. The van der Waals surface area contributed by atoms with Gasteiger partial charge in [-0.15, -0.1) is 0 Å². The van der Waals surface area contributed by atoms with Gasteiger partial charge in [-0.05, 0) is 54.8 Å². The second-order valence-electron chi connectivity index (χ2n) is 11.3. The van der Waals surface area contributed by atoms with E-state index in [-0.39, 0.29) is 43.9 Å². The highest BCUT2D eigenvalue weighted by molar-refractivity contribution is 5.91. The quantitative estimate of drug-likeness (QED) is 0.204. The molecule has 2 aromatic carbocycles. The molecule has 0 aliphatic rings. The number of hydrogen-bond donors (Lipinski definition) is 0. The topological polar surface area (TPSA) is 120 Å². The number of carbonyl (C=O) groups is 4. The molecule has 0 fully saturated rings. The lowest BCUT2D eigenvalue weighted by atomic mass is 10.0. The Labute approximate surface area is 271 Å². The van der Waals surface area contributed by atoms with Gasteiger partial charge in [-0.2, -0.15) is 0 Å². The number of Topliss-reactive ketones (excluding diaryl/α,β-unsaturated/α-hetero) is 1. The second-order valence-corrected chi connectivity index (χ2v) is 11.3. The van der Waals surface area contributed by atoms with Crippen LogP contribution in [0.15, 0.2) is 89.9 Å². The van der Waals surface area contributed by atoms with Gasteiger partial charge in [0.05, 0.1) is 12.1 Å². The number of ether oxygens (including phenoxy) is 2. The maximum absolute atomic E-state index is 14.1. The molecular formula is C35H37FN4O7. The summed E-state index contributed by atoms with van der Waals surface area (Å²) >= 11 is 0. The lowest BCUT2D eigenvalue weighted by molar-refractivity contribution is -0.127. The number of aromatic nitrogens is 2. The molecule has 2 heterocycles. The van der Waals surface area contributed by atoms with Crippen molar-refractivity contribution in [3.05, 3.63) is 118 Å². The molecule has 0 N–H and O–H groups in total. The summed E-state index contributed by atoms with van der Waals surface area (Å²) < 4.78 is 27.7. The number of allylic oxidation sites excluding steroid dienone is 1. The monoisotopic (exact) mass is 644 g/mol. The number of halogens is 1. The van der Waals surface area contributed by atoms with Crippen LogP contribution in [0.5, 0.6) is 0 Å². The van der Waals surface area contributed by atoms with Crippen LogP contribution >= 0.6 is 0 Å². The van der Waals surface area contributed by atoms with Crippen LogP contribution in [0, 0.1) is 5.82 Å². The standard InChI is InChI=1S/C35H37FN4O7/c1-37(2)32(42)15-9-8-14-31(47-34(44)38(3)4)30(41)21-25-13-10-18-39(33(25)43)22-28-20-26-19-27(36)16-17-29(26)40(28)35(45)46-23-24-11-6-5-7-12-24/h5-7,9-13,15-20,31H,8,14,21-23H2,1-4H3/b15-9+/t31-/m0/s1. The van der Waals surface area contributed by atoms with E-state index in [2.05, 4.69) is 0 Å². The summed E-state index contributed by atoms with van der Waals surface area (Å²) in [7, 11) is 6.20. The Morgan fingerprint density at radius 2 is 1.68 bits per heavy atom. The molecule has 0 aliphatic heterocycles. The molecule has 4 rings (SSSR count). The Bertz CT molecular complexity index is 1840. The first-order chi connectivity index (χ1) is 22.4. The summed E-state index contributed by atoms with van der Waals surface area (Å²) in [6.45, 7) is -0.0693. The van der Waals surface area contributed by atoms with Crippen LogP contribution in [-0.4, -0.2) is 77.1 Å². The van der Waals surface area contributed by atoms with E-state index >= 15 is 0 Å². The maximum Gasteiger partial charge on any atom is 0.419 e. The van der Waals surface area contributed by atoms with E-state index in [9.17, 15) is 28.4 Å². The van der Waals surface area contributed by atoms with Crippen LogP contribution in [0.25, 0.3) is 10.9 Å². The van der Waals surface area contributed by atoms with E-state index in [1.165, 1.54) is 69.6 Å². The van der Waals surface area contributed by atoms with Gasteiger partial charge in [0.25, 0.3) is 5.56 Å². The summed E-state index contributed by atoms with van der Waals surface area (Å²) in [6, 6.07) is 17.8. The van der Waals surface area contributed by atoms with E-state index in [4.69, 9.17) is 9.47 Å². The zero-order valence-corrected chi connectivity index (χ0v) is 26.7. The van der Waals surface area contributed by atoms with Crippen LogP contribution in [0.3, 0.4) is 0 Å². The number of ketones is 1. The third-order valence-corrected chi connectivity index (χ3v) is 7.29. The molecule has 0 unspecified atom stereocenters. The van der Waals surface area contributed by atoms with Crippen molar-refractivity contribution in [2.75, 3.05) is 28.2 Å². The van der Waals surface area contributed by atoms with Gasteiger partial charge in [0.2, 0.25) is 5.91 Å². The van der Waals surface area contributed by atoms with Gasteiger partial charge in [0.15, 0.2) is 11.9 Å². The number of likely N-dealkylation sites (N-methyl/N-ethyl adjacent to an activating group) is 1. The largest absolute Gasteiger partial charge is 0.444 e. The molecule has 0 aliphatic carbocycles. The number of amides is 2. The zero-order valence-electron chi connectivity index (χ0n) is 26.7. The first-order valence-corrected chi connectivity index (χ1v) is 14.9. The van der Waals surface area contributed by atoms with Crippen molar-refractivity contribution < 1.29 is 33.0 Å². The van der Waals surface area contributed by atoms with Crippen molar-refractivity contribution >= 4 is 34.8 Å². The Morgan fingerprint density at radius 1 is 0.936 bits per heavy atom. The molecule has 0 spiro atoms. The molecular weight excluding hydrogens is 607 g/mol. The first-order valence-electron chi connectivity index (χ1n) is 14.9. The lowest BCUT2D eigenvalue weighted by Crippen LogP contribution is -2.35. The summed E-state index contributed by atoms with van der Waals surface area (Å²) in [5.41, 5.74) is 1.22. The van der Waals surface area contributed by atoms with Gasteiger partial charge in [-0.1, -0.05) is 42.5 Å². The predicted molar refractivity (Wildman–Crippen MR) is 173 cm³/mol. The molecule has 0 radical (unpaired) electrons. The Balaban J connectivity index is 1.57. The molecule has 1 atom stereocenters. The van der Waals surface area contributed by atoms with Crippen LogP contribution < -0.4 is 5.56 Å². The molecule has 0 bridgehead atoms. The average Bonchev–Trinajstić information content (AvgIpc) is 3.40. The van der Waals surface area contributed by atoms with E-state index in [0.29, 0.717) is 16.6 Å². The Hall–Kier alpha value is -5.52. The summed E-state index contributed by atoms with van der Waals surface area (Å²) in [6.07, 6.45) is 1.98. The molecule has 0 saturated heterocycles. The van der Waals surface area contributed by atoms with Gasteiger partial charge in [-0.3, -0.25) is 14.4 Å². The number of nitrogens with zero attached hydrogens (tertiary/aromatic N) is 4. The minimum absolute atomic E-state index is 0.0127. The van der Waals surface area contributed by atoms with Crippen molar-refractivity contribution in [3.8, 4) is 0 Å². The number of benzene rings is 2. The molecule has 11 nitrogen and oxygen atoms in total. The van der Waals surface area contributed by atoms with Crippen molar-refractivity contribution in [2.24, 2.45) is 0 Å². The van der Waals surface area contributed by atoms with Gasteiger partial charge in [0.1, 0.15) is 12.4 Å². The Kier molecular flexibility index (Phi) is 11.4. The van der Waals surface area contributed by atoms with E-state index in [0.717, 1.165) is 5.56 Å². The second kappa shape index (κ2) is 15.7. The van der Waals surface area contributed by atoms with Crippen LogP contribution in [0.2, 0.25) is 0 Å². The van der Waals surface area contributed by atoms with E-state index in [1.807, 2.05) is 30.3 Å². The third-order valence-electron chi connectivity index (χ3n) is 7.29. The molecule has 4 aromatic rings. The summed E-state index contributed by atoms with van der Waals surface area (Å²) in [5.74, 6) is -1.20. The number of carbonyl (C=O) groups excluding carboxylic acids is 4. The zero-order chi connectivity index (χ0) is 34.1. The molecule has 2 amide bonds. The van der Waals surface area contributed by atoms with E-state index in [1.54, 1.807) is 32.3 Å². The van der Waals surface area contributed by atoms with Crippen molar-refractivity contribution in [1.29, 1.82) is 0 Å². The fraction of sp³-hybridized carbons (Fsp3) is 0.286. The highest BCUT2D eigenvalue weighted by Gasteiger charge is 2.25. The van der Waals surface area contributed by atoms with Crippen molar-refractivity contribution in [3.63, 3.8) is 0 Å². The van der Waals surface area contributed by atoms with Crippen LogP contribution in [0.4, 0.5) is 14.0 Å². The molecule has 47 heavy (non-hydrogen) atoms. The summed E-state index contributed by atoms with van der Waals surface area (Å²) in [5, 5.41) is 0.447. The number of rotatable bonds is 12. The van der Waals surface area contributed by atoms with Gasteiger partial charge < -0.3 is 23.8 Å². The molecule has 246 valence electrons. The van der Waals surface area contributed by atoms with Gasteiger partial charge in [0, 0.05) is 57.5 Å². The minimum atomic E-state index is -1.16. The Morgan fingerprint density at radius 3 is 2.38 bits per heavy atom. The predicted octanol–water partition coefficient (Wildman–Crippen LogP) is 4.78. The highest BCUT2D eigenvalue weighted by atomic mass is 19.1. The minimum Gasteiger partial charge on any atom is -0.444 e. The van der Waals surface area contributed by atoms with Gasteiger partial charge >= 0.3 is 12.2 Å². The third kappa shape index (κ3) is 9.03.